The normalized spacial score (nSPS) is 12.1. The van der Waals surface area contributed by atoms with Crippen LogP contribution in [-0.4, -0.2) is 60.4 Å². The third-order valence-corrected chi connectivity index (χ3v) is 6.70. The van der Waals surface area contributed by atoms with Crippen molar-refractivity contribution in [1.82, 2.24) is 9.62 Å². The predicted octanol–water partition coefficient (Wildman–Crippen LogP) is 0.737. The van der Waals surface area contributed by atoms with Crippen LogP contribution < -0.4 is 15.2 Å². The van der Waals surface area contributed by atoms with E-state index < -0.39 is 25.0 Å². The van der Waals surface area contributed by atoms with Crippen LogP contribution in [0.15, 0.2) is 52.3 Å². The molecule has 2 rings (SSSR count). The Morgan fingerprint density at radius 1 is 1.00 bits per heavy atom. The molecule has 0 aliphatic carbocycles. The van der Waals surface area contributed by atoms with Gasteiger partial charge in [0.2, 0.25) is 20.0 Å². The van der Waals surface area contributed by atoms with Gasteiger partial charge in [0.1, 0.15) is 5.69 Å². The van der Waals surface area contributed by atoms with Gasteiger partial charge in [0, 0.05) is 25.7 Å². The number of nitrogens with one attached hydrogen (secondary N) is 2. The summed E-state index contributed by atoms with van der Waals surface area (Å²) in [7, 11) is -4.05. The van der Waals surface area contributed by atoms with Crippen molar-refractivity contribution < 1.29 is 21.8 Å². The highest BCUT2D eigenvalue weighted by Crippen LogP contribution is 2.27. The fraction of sp³-hybridized carbons (Fsp3) is 0.333. The Morgan fingerprint density at radius 2 is 1.61 bits per heavy atom. The summed E-state index contributed by atoms with van der Waals surface area (Å²) < 4.78 is 49.7. The number of hydrogen-bond donors (Lipinski definition) is 3. The van der Waals surface area contributed by atoms with Crippen LogP contribution in [0.2, 0.25) is 0 Å². The van der Waals surface area contributed by atoms with Crippen molar-refractivity contribution in [3.63, 3.8) is 0 Å². The number of sulfonamides is 2. The monoisotopic (exact) mass is 471 g/mol. The van der Waals surface area contributed by atoms with Crippen molar-refractivity contribution in [2.45, 2.75) is 16.2 Å². The molecule has 0 unspecified atom stereocenters. The molecule has 13 heteroatoms. The second kappa shape index (κ2) is 10.2. The van der Waals surface area contributed by atoms with Crippen molar-refractivity contribution in [2.75, 3.05) is 39.0 Å². The largest absolute Gasteiger partial charge is 0.379 e. The van der Waals surface area contributed by atoms with Crippen LogP contribution in [0.4, 0.5) is 11.4 Å². The number of primary sulfonamides is 1. The van der Waals surface area contributed by atoms with E-state index in [1.54, 1.807) is 31.1 Å². The van der Waals surface area contributed by atoms with Gasteiger partial charge in [-0.1, -0.05) is 12.1 Å². The van der Waals surface area contributed by atoms with E-state index in [0.717, 1.165) is 11.6 Å². The molecule has 170 valence electrons. The van der Waals surface area contributed by atoms with E-state index in [1.165, 1.54) is 24.3 Å². The van der Waals surface area contributed by atoms with Crippen LogP contribution in [-0.2, 0) is 26.5 Å². The summed E-state index contributed by atoms with van der Waals surface area (Å²) in [6.45, 7) is 0.968. The van der Waals surface area contributed by atoms with Gasteiger partial charge in [-0.05, 0) is 50.3 Å². The van der Waals surface area contributed by atoms with E-state index in [0.29, 0.717) is 19.5 Å². The predicted molar refractivity (Wildman–Crippen MR) is 117 cm³/mol. The Balaban J connectivity index is 2.08. The molecule has 0 saturated heterocycles. The first-order chi connectivity index (χ1) is 14.4. The molecule has 2 aromatic rings. The van der Waals surface area contributed by atoms with Crippen molar-refractivity contribution in [2.24, 2.45) is 5.14 Å². The first kappa shape index (κ1) is 24.7. The minimum atomic E-state index is -3.88. The molecule has 0 saturated carbocycles. The van der Waals surface area contributed by atoms with Crippen molar-refractivity contribution in [3.05, 3.63) is 58.1 Å². The summed E-state index contributed by atoms with van der Waals surface area (Å²) in [5.74, 6) is 0. The molecule has 0 aromatic heterocycles. The molecule has 0 fully saturated rings. The Labute approximate surface area is 181 Å². The first-order valence-electron chi connectivity index (χ1n) is 9.18. The van der Waals surface area contributed by atoms with Gasteiger partial charge in [-0.2, -0.15) is 0 Å². The number of anilines is 1. The van der Waals surface area contributed by atoms with E-state index in [2.05, 4.69) is 10.0 Å². The van der Waals surface area contributed by atoms with Crippen molar-refractivity contribution in [1.29, 1.82) is 0 Å². The fourth-order valence-electron chi connectivity index (χ4n) is 2.65. The van der Waals surface area contributed by atoms with Crippen LogP contribution in [0.3, 0.4) is 0 Å². The standard InChI is InChI=1S/C18H25N5O6S2/c1-22(2)12-11-21-31(28,29)16-7-8-17(18(13-16)23(24)25)20-10-9-14-3-5-15(6-4-14)30(19,26)27/h3-8,13,20-21H,9-12H2,1-2H3,(H2,19,26,27). The quantitative estimate of drug-likeness (QED) is 0.319. The number of nitrogens with two attached hydrogens (primary N) is 1. The van der Waals surface area contributed by atoms with E-state index in [9.17, 15) is 26.9 Å². The maximum Gasteiger partial charge on any atom is 0.293 e. The Kier molecular flexibility index (Phi) is 8.08. The van der Waals surface area contributed by atoms with E-state index >= 15 is 0 Å². The second-order valence-corrected chi connectivity index (χ2v) is 10.3. The van der Waals surface area contributed by atoms with Crippen LogP contribution in [0.1, 0.15) is 5.56 Å². The van der Waals surface area contributed by atoms with Gasteiger partial charge in [-0.15, -0.1) is 0 Å². The summed E-state index contributed by atoms with van der Waals surface area (Å²) in [5, 5.41) is 19.4. The van der Waals surface area contributed by atoms with Crippen LogP contribution in [0.5, 0.6) is 0 Å². The molecule has 0 amide bonds. The molecule has 0 spiro atoms. The molecule has 0 aliphatic rings. The molecule has 11 nitrogen and oxygen atoms in total. The number of nitro groups is 1. The summed E-state index contributed by atoms with van der Waals surface area (Å²) in [4.78, 5) is 12.4. The summed E-state index contributed by atoms with van der Waals surface area (Å²) in [5.41, 5.74) is 0.616. The minimum Gasteiger partial charge on any atom is -0.379 e. The van der Waals surface area contributed by atoms with Gasteiger partial charge in [-0.3, -0.25) is 10.1 Å². The minimum absolute atomic E-state index is 0.00386. The molecule has 31 heavy (non-hydrogen) atoms. The third kappa shape index (κ3) is 7.25. The average Bonchev–Trinajstić information content (AvgIpc) is 2.67. The van der Waals surface area contributed by atoms with Crippen molar-refractivity contribution in [3.8, 4) is 0 Å². The number of nitro benzene ring substituents is 1. The first-order valence-corrected chi connectivity index (χ1v) is 12.2. The summed E-state index contributed by atoms with van der Waals surface area (Å²) in [6.07, 6.45) is 0.453. The zero-order valence-electron chi connectivity index (χ0n) is 17.1. The highest BCUT2D eigenvalue weighted by molar-refractivity contribution is 7.89. The smallest absolute Gasteiger partial charge is 0.293 e. The number of benzene rings is 2. The summed E-state index contributed by atoms with van der Waals surface area (Å²) in [6, 6.07) is 9.64. The molecular formula is C18H25N5O6S2. The Morgan fingerprint density at radius 3 is 2.16 bits per heavy atom. The number of rotatable bonds is 11. The fourth-order valence-corrected chi connectivity index (χ4v) is 4.21. The van der Waals surface area contributed by atoms with Gasteiger partial charge in [0.05, 0.1) is 14.7 Å². The molecule has 0 aliphatic heterocycles. The molecule has 4 N–H and O–H groups in total. The maximum atomic E-state index is 12.4. The molecule has 0 radical (unpaired) electrons. The topological polar surface area (TPSA) is 165 Å². The van der Waals surface area contributed by atoms with Gasteiger partial charge in [0.15, 0.2) is 0 Å². The van der Waals surface area contributed by atoms with Crippen LogP contribution in [0, 0.1) is 10.1 Å². The van der Waals surface area contributed by atoms with E-state index in [4.69, 9.17) is 5.14 Å². The lowest BCUT2D eigenvalue weighted by Gasteiger charge is -2.12. The molecular weight excluding hydrogens is 446 g/mol. The molecule has 0 heterocycles. The summed E-state index contributed by atoms with van der Waals surface area (Å²) >= 11 is 0. The van der Waals surface area contributed by atoms with Gasteiger partial charge < -0.3 is 10.2 Å². The molecule has 2 aromatic carbocycles. The second-order valence-electron chi connectivity index (χ2n) is 7.00. The highest BCUT2D eigenvalue weighted by Gasteiger charge is 2.21. The van der Waals surface area contributed by atoms with Gasteiger partial charge in [-0.25, -0.2) is 26.7 Å². The van der Waals surface area contributed by atoms with E-state index in [1.807, 2.05) is 0 Å². The number of nitrogens with zero attached hydrogens (tertiary/aromatic N) is 2. The van der Waals surface area contributed by atoms with Crippen molar-refractivity contribution >= 4 is 31.4 Å². The molecule has 0 atom stereocenters. The number of likely N-dealkylation sites (N-methyl/N-ethyl adjacent to an activating group) is 1. The van der Waals surface area contributed by atoms with Gasteiger partial charge >= 0.3 is 0 Å². The SMILES string of the molecule is CN(C)CCNS(=O)(=O)c1ccc(NCCc2ccc(S(N)(=O)=O)cc2)c([N+](=O)[O-])c1. The zero-order valence-corrected chi connectivity index (χ0v) is 18.7. The maximum absolute atomic E-state index is 12.4. The van der Waals surface area contributed by atoms with E-state index in [-0.39, 0.29) is 27.7 Å². The van der Waals surface area contributed by atoms with Crippen LogP contribution in [0.25, 0.3) is 0 Å². The lowest BCUT2D eigenvalue weighted by molar-refractivity contribution is -0.384. The highest BCUT2D eigenvalue weighted by atomic mass is 32.2. The zero-order chi connectivity index (χ0) is 23.2. The lowest BCUT2D eigenvalue weighted by atomic mass is 10.1. The number of hydrogen-bond acceptors (Lipinski definition) is 8. The molecule has 0 bridgehead atoms. The Hall–Kier alpha value is -2.58. The average molecular weight is 472 g/mol. The lowest BCUT2D eigenvalue weighted by Crippen LogP contribution is -2.31. The van der Waals surface area contributed by atoms with Gasteiger partial charge in [0.25, 0.3) is 5.69 Å². The van der Waals surface area contributed by atoms with Crippen LogP contribution >= 0.6 is 0 Å². The third-order valence-electron chi connectivity index (χ3n) is 4.31. The Bertz CT molecular complexity index is 1130.